The van der Waals surface area contributed by atoms with E-state index in [1.807, 2.05) is 30.3 Å². The van der Waals surface area contributed by atoms with E-state index < -0.39 is 27.9 Å². The third kappa shape index (κ3) is 6.87. The highest BCUT2D eigenvalue weighted by Gasteiger charge is 2.23. The van der Waals surface area contributed by atoms with E-state index in [0.29, 0.717) is 34.1 Å². The van der Waals surface area contributed by atoms with Crippen LogP contribution < -0.4 is 26.2 Å². The Labute approximate surface area is 234 Å². The van der Waals surface area contributed by atoms with Crippen LogP contribution in [0.1, 0.15) is 24.0 Å². The lowest BCUT2D eigenvalue weighted by atomic mass is 10.1. The minimum atomic E-state index is -3.93. The molecule has 2 amide bonds. The second-order valence-electron chi connectivity index (χ2n) is 8.69. The minimum Gasteiger partial charge on any atom is -0.496 e. The number of halogens is 1. The van der Waals surface area contributed by atoms with E-state index in [2.05, 4.69) is 15.1 Å². The molecule has 0 bridgehead atoms. The maximum Gasteiger partial charge on any atom is 0.272 e. The van der Waals surface area contributed by atoms with E-state index in [4.69, 9.17) is 27.8 Å². The second kappa shape index (κ2) is 12.0. The highest BCUT2D eigenvalue weighted by atomic mass is 35.5. The molecular weight excluding hydrogens is 564 g/mol. The fourth-order valence-electron chi connectivity index (χ4n) is 4.06. The summed E-state index contributed by atoms with van der Waals surface area (Å²) in [5.41, 5.74) is 13.1. The number of hydrogen-bond acceptors (Lipinski definition) is 8. The number of hydrogen-bond donors (Lipinski definition) is 4. The van der Waals surface area contributed by atoms with E-state index in [-0.39, 0.29) is 22.9 Å². The van der Waals surface area contributed by atoms with Crippen LogP contribution in [0, 0.1) is 0 Å². The molecule has 2 aromatic carbocycles. The highest BCUT2D eigenvalue weighted by molar-refractivity contribution is 7.94. The van der Waals surface area contributed by atoms with Gasteiger partial charge >= 0.3 is 0 Å². The predicted octanol–water partition coefficient (Wildman–Crippen LogP) is 2.82. The summed E-state index contributed by atoms with van der Waals surface area (Å²) in [5, 5.41) is 8.16. The Bertz CT molecular complexity index is 1620. The second-order valence-corrected chi connectivity index (χ2v) is 12.3. The molecule has 0 fully saturated rings. The Kier molecular flexibility index (Phi) is 8.75. The number of carbonyl (C=O) groups excluding carboxylic acids is 2. The van der Waals surface area contributed by atoms with Crippen molar-refractivity contribution in [2.45, 2.75) is 36.2 Å². The number of primary amides is 2. The van der Waals surface area contributed by atoms with Crippen molar-refractivity contribution >= 4 is 61.5 Å². The number of methoxy groups -OCH3 is 1. The molecular formula is C25H27ClN6O5S2. The van der Waals surface area contributed by atoms with E-state index >= 15 is 0 Å². The number of nitrogens with zero attached hydrogens (tertiary/aromatic N) is 2. The smallest absolute Gasteiger partial charge is 0.272 e. The Morgan fingerprint density at radius 1 is 1.13 bits per heavy atom. The van der Waals surface area contributed by atoms with E-state index in [1.54, 1.807) is 16.8 Å². The van der Waals surface area contributed by atoms with E-state index in [1.165, 1.54) is 19.2 Å². The van der Waals surface area contributed by atoms with Crippen molar-refractivity contribution in [3.63, 3.8) is 0 Å². The van der Waals surface area contributed by atoms with Gasteiger partial charge in [0.2, 0.25) is 11.8 Å². The number of ether oxygens (including phenoxy) is 1. The van der Waals surface area contributed by atoms with Crippen LogP contribution in [-0.2, 0) is 32.7 Å². The maximum atomic E-state index is 13.0. The van der Waals surface area contributed by atoms with Crippen LogP contribution in [0.15, 0.2) is 58.8 Å². The molecule has 2 aromatic heterocycles. The standard InChI is InChI=1S/C25H27ClN6O5S2/c1-37-19-7-3-6-18-23(19)25(31-39(35,36)22-11-9-20(26)38-22)30-32(18)14-16-5-2-4-15(12-16)13-29-17(24(28)34)8-10-21(27)33/h2-7,9,11-12,17,29H,8,10,13-14H2,1H3,(H2,27,33)(H2,28,34)(H,30,31)/t17-/m0/s1. The predicted molar refractivity (Wildman–Crippen MR) is 150 cm³/mol. The van der Waals surface area contributed by atoms with Crippen LogP contribution in [0.2, 0.25) is 4.34 Å². The first-order chi connectivity index (χ1) is 18.6. The number of carbonyl (C=O) groups is 2. The van der Waals surface area contributed by atoms with Gasteiger partial charge in [-0.15, -0.1) is 11.3 Å². The Hall–Kier alpha value is -3.65. The van der Waals surface area contributed by atoms with Gasteiger partial charge in [-0.25, -0.2) is 8.42 Å². The van der Waals surface area contributed by atoms with E-state index in [0.717, 1.165) is 22.5 Å². The van der Waals surface area contributed by atoms with Crippen molar-refractivity contribution < 1.29 is 22.7 Å². The molecule has 0 radical (unpaired) electrons. The summed E-state index contributed by atoms with van der Waals surface area (Å²) in [6.45, 7) is 0.660. The molecule has 1 atom stereocenters. The van der Waals surface area contributed by atoms with Gasteiger partial charge in [0, 0.05) is 13.0 Å². The molecule has 0 unspecified atom stereocenters. The molecule has 14 heteroatoms. The first-order valence-corrected chi connectivity index (χ1v) is 14.5. The summed E-state index contributed by atoms with van der Waals surface area (Å²) in [5.74, 6) is -0.478. The van der Waals surface area contributed by atoms with Gasteiger partial charge in [-0.2, -0.15) is 5.10 Å². The third-order valence-electron chi connectivity index (χ3n) is 5.90. The fourth-order valence-corrected chi connectivity index (χ4v) is 6.55. The molecule has 2 heterocycles. The number of amides is 2. The van der Waals surface area contributed by atoms with Crippen molar-refractivity contribution in [3.8, 4) is 5.75 Å². The number of rotatable bonds is 13. The van der Waals surface area contributed by atoms with Crippen molar-refractivity contribution in [3.05, 3.63) is 70.1 Å². The van der Waals surface area contributed by atoms with Crippen LogP contribution in [0.4, 0.5) is 5.82 Å². The quantitative estimate of drug-likeness (QED) is 0.185. The zero-order chi connectivity index (χ0) is 28.2. The first kappa shape index (κ1) is 28.4. The third-order valence-corrected chi connectivity index (χ3v) is 8.97. The first-order valence-electron chi connectivity index (χ1n) is 11.8. The summed E-state index contributed by atoms with van der Waals surface area (Å²) >= 11 is 6.89. The number of benzene rings is 2. The number of nitrogens with one attached hydrogen (secondary N) is 2. The molecule has 206 valence electrons. The normalized spacial score (nSPS) is 12.4. The zero-order valence-electron chi connectivity index (χ0n) is 20.9. The fraction of sp³-hybridized carbons (Fsp3) is 0.240. The Morgan fingerprint density at radius 3 is 2.54 bits per heavy atom. The summed E-state index contributed by atoms with van der Waals surface area (Å²) in [6, 6.07) is 15.2. The van der Waals surface area contributed by atoms with Gasteiger partial charge in [-0.1, -0.05) is 41.9 Å². The number of fused-ring (bicyclic) bond motifs is 1. The van der Waals surface area contributed by atoms with Gasteiger partial charge < -0.3 is 21.5 Å². The van der Waals surface area contributed by atoms with Gasteiger partial charge in [0.15, 0.2) is 5.82 Å². The number of aromatic nitrogens is 2. The largest absolute Gasteiger partial charge is 0.496 e. The lowest BCUT2D eigenvalue weighted by Gasteiger charge is -2.15. The molecule has 0 aliphatic carbocycles. The van der Waals surface area contributed by atoms with Gasteiger partial charge in [0.1, 0.15) is 9.96 Å². The van der Waals surface area contributed by atoms with Gasteiger partial charge in [-0.3, -0.25) is 19.0 Å². The average molecular weight is 591 g/mol. The van der Waals surface area contributed by atoms with Crippen molar-refractivity contribution in [1.29, 1.82) is 0 Å². The number of anilines is 1. The van der Waals surface area contributed by atoms with Crippen LogP contribution in [0.25, 0.3) is 10.9 Å². The molecule has 6 N–H and O–H groups in total. The van der Waals surface area contributed by atoms with Crippen molar-refractivity contribution in [2.24, 2.45) is 11.5 Å². The van der Waals surface area contributed by atoms with Gasteiger partial charge in [0.05, 0.1) is 34.9 Å². The SMILES string of the molecule is COc1cccc2c1c(NS(=O)(=O)c1ccc(Cl)s1)nn2Cc1cccc(CN[C@@H](CCC(N)=O)C(N)=O)c1. The number of nitrogens with two attached hydrogens (primary N) is 2. The molecule has 0 aliphatic rings. The minimum absolute atomic E-state index is 0.0437. The summed E-state index contributed by atoms with van der Waals surface area (Å²) in [7, 11) is -2.43. The molecule has 4 aromatic rings. The summed E-state index contributed by atoms with van der Waals surface area (Å²) in [6.07, 6.45) is 0.254. The highest BCUT2D eigenvalue weighted by Crippen LogP contribution is 2.35. The Balaban J connectivity index is 1.60. The van der Waals surface area contributed by atoms with Gasteiger partial charge in [0.25, 0.3) is 10.0 Å². The summed E-state index contributed by atoms with van der Waals surface area (Å²) in [4.78, 5) is 22.8. The lowest BCUT2D eigenvalue weighted by molar-refractivity contribution is -0.121. The molecule has 39 heavy (non-hydrogen) atoms. The molecule has 0 spiro atoms. The number of sulfonamides is 1. The summed E-state index contributed by atoms with van der Waals surface area (Å²) < 4.78 is 36.2. The van der Waals surface area contributed by atoms with Crippen LogP contribution in [0.5, 0.6) is 5.75 Å². The molecule has 11 nitrogen and oxygen atoms in total. The molecule has 0 saturated heterocycles. The zero-order valence-corrected chi connectivity index (χ0v) is 23.3. The Morgan fingerprint density at radius 2 is 1.87 bits per heavy atom. The molecule has 4 rings (SSSR count). The van der Waals surface area contributed by atoms with Crippen molar-refractivity contribution in [2.75, 3.05) is 11.8 Å². The number of thiophene rings is 1. The van der Waals surface area contributed by atoms with Crippen molar-refractivity contribution in [1.82, 2.24) is 15.1 Å². The van der Waals surface area contributed by atoms with E-state index in [9.17, 15) is 18.0 Å². The lowest BCUT2D eigenvalue weighted by Crippen LogP contribution is -2.41. The average Bonchev–Trinajstić information content (AvgIpc) is 3.48. The monoisotopic (exact) mass is 590 g/mol. The maximum absolute atomic E-state index is 13.0. The van der Waals surface area contributed by atoms with Crippen LogP contribution in [-0.4, -0.2) is 43.2 Å². The van der Waals surface area contributed by atoms with Crippen LogP contribution >= 0.6 is 22.9 Å². The topological polar surface area (TPSA) is 171 Å². The van der Waals surface area contributed by atoms with Gasteiger partial charge in [-0.05, 0) is 41.8 Å². The molecule has 0 aliphatic heterocycles. The molecule has 0 saturated carbocycles. The van der Waals surface area contributed by atoms with Crippen LogP contribution in [0.3, 0.4) is 0 Å².